The molecule has 1 aromatic heterocycles. The van der Waals surface area contributed by atoms with Gasteiger partial charge in [-0.15, -0.1) is 0 Å². The highest BCUT2D eigenvalue weighted by molar-refractivity contribution is 5.98. The lowest BCUT2D eigenvalue weighted by atomic mass is 10.2. The van der Waals surface area contributed by atoms with Crippen molar-refractivity contribution in [3.8, 4) is 0 Å². The van der Waals surface area contributed by atoms with Crippen molar-refractivity contribution in [2.45, 2.75) is 46.6 Å². The molecule has 0 spiro atoms. The minimum atomic E-state index is -0.621. The SMILES string of the molecule is CCCCN(C(=O)CN1CCc2ccccc21)c1c(N)n(CC(C)C)c(=O)[nH]c1=O. The van der Waals surface area contributed by atoms with Crippen LogP contribution >= 0.6 is 0 Å². The highest BCUT2D eigenvalue weighted by Crippen LogP contribution is 2.28. The number of nitrogens with two attached hydrogens (primary N) is 1. The first-order valence-corrected chi connectivity index (χ1v) is 10.6. The number of rotatable bonds is 8. The first kappa shape index (κ1) is 21.7. The van der Waals surface area contributed by atoms with Gasteiger partial charge in [0, 0.05) is 25.3 Å². The van der Waals surface area contributed by atoms with E-state index in [1.165, 1.54) is 15.0 Å². The summed E-state index contributed by atoms with van der Waals surface area (Å²) in [6.45, 7) is 7.59. The predicted molar refractivity (Wildman–Crippen MR) is 120 cm³/mol. The summed E-state index contributed by atoms with van der Waals surface area (Å²) >= 11 is 0. The lowest BCUT2D eigenvalue weighted by Crippen LogP contribution is -2.45. The molecule has 8 nitrogen and oxygen atoms in total. The average Bonchev–Trinajstić information content (AvgIpc) is 3.10. The van der Waals surface area contributed by atoms with Crippen molar-refractivity contribution in [2.75, 3.05) is 35.2 Å². The van der Waals surface area contributed by atoms with Gasteiger partial charge >= 0.3 is 5.69 Å². The Balaban J connectivity index is 1.96. The molecule has 0 aliphatic carbocycles. The topological polar surface area (TPSA) is 104 Å². The summed E-state index contributed by atoms with van der Waals surface area (Å²) in [5.41, 5.74) is 7.43. The van der Waals surface area contributed by atoms with Gasteiger partial charge in [0.15, 0.2) is 5.69 Å². The van der Waals surface area contributed by atoms with Crippen LogP contribution in [0.25, 0.3) is 0 Å². The minimum Gasteiger partial charge on any atom is -0.383 e. The normalized spacial score (nSPS) is 13.0. The highest BCUT2D eigenvalue weighted by atomic mass is 16.2. The quantitative estimate of drug-likeness (QED) is 0.688. The van der Waals surface area contributed by atoms with Crippen LogP contribution in [0.5, 0.6) is 0 Å². The number of anilines is 3. The number of benzene rings is 1. The number of nitrogens with zero attached hydrogens (tertiary/aromatic N) is 3. The number of H-pyrrole nitrogens is 1. The van der Waals surface area contributed by atoms with E-state index in [-0.39, 0.29) is 29.9 Å². The standard InChI is InChI=1S/C22H31N5O3/c1-4-5-11-26(18(28)14-25-12-10-16-8-6-7-9-17(16)25)19-20(23)27(13-15(2)3)22(30)24-21(19)29/h6-9,15H,4-5,10-14,23H2,1-3H3,(H,24,29,30). The van der Waals surface area contributed by atoms with Crippen molar-refractivity contribution in [1.29, 1.82) is 0 Å². The molecule has 2 aromatic rings. The van der Waals surface area contributed by atoms with Gasteiger partial charge in [0.05, 0.1) is 6.54 Å². The lowest BCUT2D eigenvalue weighted by Gasteiger charge is -2.27. The average molecular weight is 414 g/mol. The van der Waals surface area contributed by atoms with Crippen LogP contribution in [0.3, 0.4) is 0 Å². The zero-order valence-corrected chi connectivity index (χ0v) is 18.0. The Kier molecular flexibility index (Phi) is 6.64. The van der Waals surface area contributed by atoms with Crippen molar-refractivity contribution < 1.29 is 4.79 Å². The van der Waals surface area contributed by atoms with Gasteiger partial charge in [0.1, 0.15) is 5.82 Å². The number of carbonyl (C=O) groups is 1. The van der Waals surface area contributed by atoms with Crippen molar-refractivity contribution in [1.82, 2.24) is 9.55 Å². The molecule has 162 valence electrons. The zero-order valence-electron chi connectivity index (χ0n) is 18.0. The number of nitrogen functional groups attached to an aromatic ring is 1. The maximum absolute atomic E-state index is 13.3. The second-order valence-corrected chi connectivity index (χ2v) is 8.20. The van der Waals surface area contributed by atoms with E-state index in [2.05, 4.69) is 11.1 Å². The van der Waals surface area contributed by atoms with Crippen LogP contribution in [-0.4, -0.2) is 35.1 Å². The van der Waals surface area contributed by atoms with E-state index in [1.54, 1.807) is 0 Å². The lowest BCUT2D eigenvalue weighted by molar-refractivity contribution is -0.117. The molecule has 3 N–H and O–H groups in total. The van der Waals surface area contributed by atoms with Crippen molar-refractivity contribution in [3.05, 3.63) is 50.7 Å². The van der Waals surface area contributed by atoms with Gasteiger partial charge in [0.2, 0.25) is 5.91 Å². The van der Waals surface area contributed by atoms with Crippen LogP contribution in [0.15, 0.2) is 33.9 Å². The molecule has 0 saturated heterocycles. The largest absolute Gasteiger partial charge is 0.383 e. The molecule has 0 bridgehead atoms. The molecule has 30 heavy (non-hydrogen) atoms. The summed E-state index contributed by atoms with van der Waals surface area (Å²) in [7, 11) is 0. The first-order chi connectivity index (χ1) is 14.3. The van der Waals surface area contributed by atoms with Crippen molar-refractivity contribution >= 4 is 23.1 Å². The maximum Gasteiger partial charge on any atom is 0.330 e. The van der Waals surface area contributed by atoms with Crippen LogP contribution in [-0.2, 0) is 17.8 Å². The number of hydrogen-bond acceptors (Lipinski definition) is 5. The fourth-order valence-electron chi connectivity index (χ4n) is 3.88. The molecule has 0 radical (unpaired) electrons. The molecule has 1 aromatic carbocycles. The van der Waals surface area contributed by atoms with E-state index in [0.717, 1.165) is 31.5 Å². The van der Waals surface area contributed by atoms with Crippen molar-refractivity contribution in [2.24, 2.45) is 5.92 Å². The molecule has 1 aliphatic heterocycles. The number of hydrogen-bond donors (Lipinski definition) is 2. The molecule has 0 fully saturated rings. The van der Waals surface area contributed by atoms with E-state index in [1.807, 2.05) is 43.9 Å². The van der Waals surface area contributed by atoms with E-state index >= 15 is 0 Å². The van der Waals surface area contributed by atoms with Gasteiger partial charge in [-0.25, -0.2) is 4.79 Å². The highest BCUT2D eigenvalue weighted by Gasteiger charge is 2.27. The summed E-state index contributed by atoms with van der Waals surface area (Å²) in [6.07, 6.45) is 2.48. The molecule has 0 atom stereocenters. The Bertz CT molecular complexity index is 1020. The van der Waals surface area contributed by atoms with Gasteiger partial charge < -0.3 is 15.5 Å². The molecular weight excluding hydrogens is 382 g/mol. The Labute approximate surface area is 176 Å². The minimum absolute atomic E-state index is 0.0451. The van der Waals surface area contributed by atoms with Gasteiger partial charge in [-0.05, 0) is 30.4 Å². The smallest absolute Gasteiger partial charge is 0.330 e. The molecule has 0 saturated carbocycles. The van der Waals surface area contributed by atoms with Crippen LogP contribution in [0.2, 0.25) is 0 Å². The summed E-state index contributed by atoms with van der Waals surface area (Å²) in [6, 6.07) is 8.03. The Morgan fingerprint density at radius 3 is 2.70 bits per heavy atom. The van der Waals surface area contributed by atoms with Crippen LogP contribution < -0.4 is 26.8 Å². The van der Waals surface area contributed by atoms with E-state index < -0.39 is 11.2 Å². The number of aromatic nitrogens is 2. The number of carbonyl (C=O) groups excluding carboxylic acids is 1. The van der Waals surface area contributed by atoms with Gasteiger partial charge in [-0.3, -0.25) is 19.1 Å². The Morgan fingerprint density at radius 2 is 2.00 bits per heavy atom. The predicted octanol–water partition coefficient (Wildman–Crippen LogP) is 1.97. The Hall–Kier alpha value is -3.03. The zero-order chi connectivity index (χ0) is 21.8. The monoisotopic (exact) mass is 413 g/mol. The van der Waals surface area contributed by atoms with Gasteiger partial charge in [-0.2, -0.15) is 0 Å². The van der Waals surface area contributed by atoms with Gasteiger partial charge in [0.25, 0.3) is 5.56 Å². The van der Waals surface area contributed by atoms with Gasteiger partial charge in [-0.1, -0.05) is 45.4 Å². The summed E-state index contributed by atoms with van der Waals surface area (Å²) in [5.74, 6) is 0.000436. The van der Waals surface area contributed by atoms with E-state index in [4.69, 9.17) is 5.73 Å². The van der Waals surface area contributed by atoms with E-state index in [9.17, 15) is 14.4 Å². The maximum atomic E-state index is 13.3. The second kappa shape index (κ2) is 9.19. The van der Waals surface area contributed by atoms with Crippen LogP contribution in [0.4, 0.5) is 17.2 Å². The molecule has 2 heterocycles. The molecule has 1 aliphatic rings. The number of amides is 1. The molecule has 1 amide bonds. The first-order valence-electron chi connectivity index (χ1n) is 10.6. The molecular formula is C22H31N5O3. The van der Waals surface area contributed by atoms with E-state index in [0.29, 0.717) is 13.1 Å². The molecule has 8 heteroatoms. The summed E-state index contributed by atoms with van der Waals surface area (Å²) in [4.78, 5) is 44.1. The third kappa shape index (κ3) is 4.42. The third-order valence-corrected chi connectivity index (χ3v) is 5.38. The van der Waals surface area contributed by atoms with Crippen LogP contribution in [0.1, 0.15) is 39.2 Å². The Morgan fingerprint density at radius 1 is 1.27 bits per heavy atom. The fourth-order valence-corrected chi connectivity index (χ4v) is 3.88. The number of aromatic amines is 1. The third-order valence-electron chi connectivity index (χ3n) is 5.38. The number of para-hydroxylation sites is 1. The fraction of sp³-hybridized carbons (Fsp3) is 0.500. The number of fused-ring (bicyclic) bond motifs is 1. The second-order valence-electron chi connectivity index (χ2n) is 8.20. The summed E-state index contributed by atoms with van der Waals surface area (Å²) in [5, 5.41) is 0. The molecule has 0 unspecified atom stereocenters. The number of unbranched alkanes of at least 4 members (excludes halogenated alkanes) is 1. The molecule has 3 rings (SSSR count). The number of nitrogens with one attached hydrogen (secondary N) is 1. The van der Waals surface area contributed by atoms with Crippen molar-refractivity contribution in [3.63, 3.8) is 0 Å². The van der Waals surface area contributed by atoms with Crippen LogP contribution in [0, 0.1) is 5.92 Å². The summed E-state index contributed by atoms with van der Waals surface area (Å²) < 4.78 is 1.35.